The lowest BCUT2D eigenvalue weighted by Crippen LogP contribution is -2.12. The second-order valence-electron chi connectivity index (χ2n) is 4.87. The zero-order valence-corrected chi connectivity index (χ0v) is 13.3. The summed E-state index contributed by atoms with van der Waals surface area (Å²) in [6, 6.07) is 9.34. The van der Waals surface area contributed by atoms with E-state index in [9.17, 15) is 14.4 Å². The van der Waals surface area contributed by atoms with Crippen LogP contribution in [-0.2, 0) is 11.2 Å². The Labute approximate surface area is 139 Å². The van der Waals surface area contributed by atoms with Crippen LogP contribution in [0.1, 0.15) is 26.3 Å². The third-order valence-electron chi connectivity index (χ3n) is 3.32. The molecule has 0 saturated heterocycles. The predicted molar refractivity (Wildman–Crippen MR) is 86.1 cm³/mol. The average molecular weight is 328 g/mol. The molecule has 0 bridgehead atoms. The van der Waals surface area contributed by atoms with Gasteiger partial charge in [0, 0.05) is 5.56 Å². The Morgan fingerprint density at radius 2 is 1.62 bits per heavy atom. The molecule has 0 N–H and O–H groups in total. The third-order valence-corrected chi connectivity index (χ3v) is 3.32. The highest BCUT2D eigenvalue weighted by molar-refractivity contribution is 5.87. The van der Waals surface area contributed by atoms with E-state index in [1.807, 2.05) is 0 Å². The van der Waals surface area contributed by atoms with Gasteiger partial charge in [-0.15, -0.1) is 0 Å². The zero-order valence-electron chi connectivity index (χ0n) is 13.3. The van der Waals surface area contributed by atoms with Crippen molar-refractivity contribution < 1.29 is 28.6 Å². The Morgan fingerprint density at radius 3 is 2.25 bits per heavy atom. The summed E-state index contributed by atoms with van der Waals surface area (Å²) in [4.78, 5) is 33.8. The molecule has 6 heteroatoms. The number of rotatable bonds is 7. The van der Waals surface area contributed by atoms with E-state index in [0.29, 0.717) is 35.2 Å². The van der Waals surface area contributed by atoms with Crippen molar-refractivity contribution in [2.75, 3.05) is 14.2 Å². The number of carbonyl (C=O) groups is 3. The third kappa shape index (κ3) is 3.98. The largest absolute Gasteiger partial charge is 0.493 e. The van der Waals surface area contributed by atoms with Gasteiger partial charge < -0.3 is 14.2 Å². The first kappa shape index (κ1) is 17.2. The molecule has 0 aromatic heterocycles. The van der Waals surface area contributed by atoms with Crippen molar-refractivity contribution in [2.45, 2.75) is 6.42 Å². The molecule has 0 atom stereocenters. The molecular formula is C18H16O6. The highest BCUT2D eigenvalue weighted by atomic mass is 16.5. The van der Waals surface area contributed by atoms with Gasteiger partial charge in [-0.05, 0) is 35.9 Å². The maximum atomic E-state index is 12.1. The standard InChI is InChI=1S/C18H16O6/c1-22-16-6-3-12(8-17(16)23-2)9-18(21)24-15-5-4-13(10-19)7-14(15)11-20/h3-8,10-11H,9H2,1-2H3. The van der Waals surface area contributed by atoms with Crippen LogP contribution in [0, 0.1) is 0 Å². The summed E-state index contributed by atoms with van der Waals surface area (Å²) in [7, 11) is 3.03. The number of methoxy groups -OCH3 is 2. The molecule has 0 spiro atoms. The van der Waals surface area contributed by atoms with Crippen LogP contribution in [0.3, 0.4) is 0 Å². The van der Waals surface area contributed by atoms with Gasteiger partial charge in [0.25, 0.3) is 0 Å². The van der Waals surface area contributed by atoms with Gasteiger partial charge in [-0.25, -0.2) is 0 Å². The summed E-state index contributed by atoms with van der Waals surface area (Å²) in [5, 5.41) is 0. The minimum atomic E-state index is -0.538. The zero-order chi connectivity index (χ0) is 17.5. The molecule has 2 rings (SSSR count). The van der Waals surface area contributed by atoms with Crippen LogP contribution in [0.15, 0.2) is 36.4 Å². The van der Waals surface area contributed by atoms with Crippen LogP contribution < -0.4 is 14.2 Å². The molecule has 2 aromatic rings. The van der Waals surface area contributed by atoms with Gasteiger partial charge in [0.2, 0.25) is 0 Å². The molecule has 0 aliphatic heterocycles. The Bertz CT molecular complexity index is 766. The second kappa shape index (κ2) is 7.92. The van der Waals surface area contributed by atoms with Crippen LogP contribution in [-0.4, -0.2) is 32.8 Å². The molecule has 24 heavy (non-hydrogen) atoms. The maximum absolute atomic E-state index is 12.1. The number of benzene rings is 2. The monoisotopic (exact) mass is 328 g/mol. The first-order chi connectivity index (χ1) is 11.6. The number of esters is 1. The van der Waals surface area contributed by atoms with E-state index in [-0.39, 0.29) is 17.7 Å². The number of hydrogen-bond acceptors (Lipinski definition) is 6. The van der Waals surface area contributed by atoms with Crippen molar-refractivity contribution in [3.05, 3.63) is 53.1 Å². The minimum absolute atomic E-state index is 0.00587. The molecule has 0 fully saturated rings. The normalized spacial score (nSPS) is 9.92. The fourth-order valence-electron chi connectivity index (χ4n) is 2.14. The van der Waals surface area contributed by atoms with E-state index in [2.05, 4.69) is 0 Å². The summed E-state index contributed by atoms with van der Waals surface area (Å²) in [5.41, 5.74) is 1.15. The van der Waals surface area contributed by atoms with E-state index in [1.165, 1.54) is 32.4 Å². The molecule has 0 heterocycles. The molecule has 0 unspecified atom stereocenters. The first-order valence-electron chi connectivity index (χ1n) is 7.07. The van der Waals surface area contributed by atoms with Crippen LogP contribution in [0.4, 0.5) is 0 Å². The molecular weight excluding hydrogens is 312 g/mol. The van der Waals surface area contributed by atoms with Gasteiger partial charge >= 0.3 is 5.97 Å². The van der Waals surface area contributed by atoms with E-state index in [1.54, 1.807) is 18.2 Å². The van der Waals surface area contributed by atoms with E-state index >= 15 is 0 Å². The van der Waals surface area contributed by atoms with Crippen molar-refractivity contribution in [1.82, 2.24) is 0 Å². The lowest BCUT2D eigenvalue weighted by molar-refractivity contribution is -0.133. The molecule has 124 valence electrons. The lowest BCUT2D eigenvalue weighted by atomic mass is 10.1. The highest BCUT2D eigenvalue weighted by Gasteiger charge is 2.12. The Hall–Kier alpha value is -3.15. The van der Waals surface area contributed by atoms with E-state index < -0.39 is 5.97 Å². The fourth-order valence-corrected chi connectivity index (χ4v) is 2.14. The van der Waals surface area contributed by atoms with Gasteiger partial charge in [-0.1, -0.05) is 6.07 Å². The van der Waals surface area contributed by atoms with Gasteiger partial charge in [0.15, 0.2) is 17.8 Å². The minimum Gasteiger partial charge on any atom is -0.493 e. The maximum Gasteiger partial charge on any atom is 0.315 e. The van der Waals surface area contributed by atoms with Crippen molar-refractivity contribution in [2.24, 2.45) is 0 Å². The first-order valence-corrected chi connectivity index (χ1v) is 7.07. The Kier molecular flexibility index (Phi) is 5.68. The van der Waals surface area contributed by atoms with Crippen molar-refractivity contribution >= 4 is 18.5 Å². The summed E-state index contributed by atoms with van der Waals surface area (Å²) in [6.07, 6.45) is 1.14. The summed E-state index contributed by atoms with van der Waals surface area (Å²) >= 11 is 0. The van der Waals surface area contributed by atoms with E-state index in [4.69, 9.17) is 14.2 Å². The van der Waals surface area contributed by atoms with Gasteiger partial charge in [-0.3, -0.25) is 14.4 Å². The van der Waals surface area contributed by atoms with Crippen LogP contribution in [0.25, 0.3) is 0 Å². The number of carbonyl (C=O) groups excluding carboxylic acids is 3. The van der Waals surface area contributed by atoms with Gasteiger partial charge in [-0.2, -0.15) is 0 Å². The molecule has 0 amide bonds. The molecule has 0 radical (unpaired) electrons. The van der Waals surface area contributed by atoms with Crippen LogP contribution >= 0.6 is 0 Å². The van der Waals surface area contributed by atoms with Crippen molar-refractivity contribution in [3.8, 4) is 17.2 Å². The lowest BCUT2D eigenvalue weighted by Gasteiger charge is -2.10. The number of aldehydes is 2. The van der Waals surface area contributed by atoms with Gasteiger partial charge in [0.1, 0.15) is 12.0 Å². The predicted octanol–water partition coefficient (Wildman–Crippen LogP) is 2.48. The summed E-state index contributed by atoms with van der Waals surface area (Å²) < 4.78 is 15.5. The Balaban J connectivity index is 2.14. The molecule has 6 nitrogen and oxygen atoms in total. The van der Waals surface area contributed by atoms with Crippen molar-refractivity contribution in [1.29, 1.82) is 0 Å². The Morgan fingerprint density at radius 1 is 0.917 bits per heavy atom. The molecule has 0 saturated carbocycles. The SMILES string of the molecule is COc1ccc(CC(=O)Oc2ccc(C=O)cc2C=O)cc1OC. The van der Waals surface area contributed by atoms with Crippen LogP contribution in [0.5, 0.6) is 17.2 Å². The topological polar surface area (TPSA) is 78.9 Å². The molecule has 2 aromatic carbocycles. The smallest absolute Gasteiger partial charge is 0.315 e. The summed E-state index contributed by atoms with van der Waals surface area (Å²) in [6.45, 7) is 0. The highest BCUT2D eigenvalue weighted by Crippen LogP contribution is 2.28. The van der Waals surface area contributed by atoms with Crippen molar-refractivity contribution in [3.63, 3.8) is 0 Å². The number of hydrogen-bond donors (Lipinski definition) is 0. The quantitative estimate of drug-likeness (QED) is 0.441. The molecule has 0 aliphatic carbocycles. The van der Waals surface area contributed by atoms with E-state index in [0.717, 1.165) is 0 Å². The van der Waals surface area contributed by atoms with Gasteiger partial charge in [0.05, 0.1) is 26.2 Å². The number of ether oxygens (including phenoxy) is 3. The van der Waals surface area contributed by atoms with Crippen LogP contribution in [0.2, 0.25) is 0 Å². The molecule has 0 aliphatic rings. The average Bonchev–Trinajstić information content (AvgIpc) is 2.61. The second-order valence-corrected chi connectivity index (χ2v) is 4.87. The fraction of sp³-hybridized carbons (Fsp3) is 0.167. The summed E-state index contributed by atoms with van der Waals surface area (Å²) in [5.74, 6) is 0.638.